The summed E-state index contributed by atoms with van der Waals surface area (Å²) in [6.45, 7) is 0. The average Bonchev–Trinajstić information content (AvgIpc) is 2.23. The number of nitrogens with two attached hydrogens (primary N) is 1. The zero-order valence-corrected chi connectivity index (χ0v) is 10.0. The molecule has 0 aliphatic rings. The lowest BCUT2D eigenvalue weighted by atomic mass is 10.0. The van der Waals surface area contributed by atoms with E-state index in [2.05, 4.69) is 5.14 Å². The van der Waals surface area contributed by atoms with Crippen LogP contribution in [0.4, 0.5) is 26.3 Å². The Balaban J connectivity index is 3.94. The molecule has 0 radical (unpaired) electrons. The fourth-order valence-electron chi connectivity index (χ4n) is 1.50. The van der Waals surface area contributed by atoms with Gasteiger partial charge in [-0.1, -0.05) is 0 Å². The molecule has 0 saturated carbocycles. The van der Waals surface area contributed by atoms with E-state index >= 15 is 0 Å². The van der Waals surface area contributed by atoms with Gasteiger partial charge < -0.3 is 0 Å². The van der Waals surface area contributed by atoms with E-state index in [1.807, 2.05) is 0 Å². The van der Waals surface area contributed by atoms with Gasteiger partial charge >= 0.3 is 12.4 Å². The highest BCUT2D eigenvalue weighted by molar-refractivity contribution is 7.89. The third-order valence-corrected chi connectivity index (χ3v) is 3.17. The summed E-state index contributed by atoms with van der Waals surface area (Å²) in [4.78, 5) is 8.99. The summed E-state index contributed by atoms with van der Waals surface area (Å²) >= 11 is 0. The summed E-state index contributed by atoms with van der Waals surface area (Å²) < 4.78 is 97.8. The minimum absolute atomic E-state index is 0.0543. The van der Waals surface area contributed by atoms with Gasteiger partial charge in [-0.3, -0.25) is 4.79 Å². The molecular formula is C9H5F6NO3S. The van der Waals surface area contributed by atoms with Gasteiger partial charge in [-0.25, -0.2) is 13.6 Å². The molecule has 0 heterocycles. The Morgan fingerprint density at radius 2 is 1.50 bits per heavy atom. The lowest BCUT2D eigenvalue weighted by Gasteiger charge is -2.17. The Kier molecular flexibility index (Phi) is 3.89. The smallest absolute Gasteiger partial charge is 0.298 e. The normalized spacial score (nSPS) is 13.3. The minimum atomic E-state index is -5.50. The van der Waals surface area contributed by atoms with Gasteiger partial charge in [0.15, 0.2) is 6.29 Å². The second-order valence-electron chi connectivity index (χ2n) is 3.56. The molecule has 0 aliphatic heterocycles. The van der Waals surface area contributed by atoms with Crippen molar-refractivity contribution in [3.05, 3.63) is 28.8 Å². The molecule has 2 N–H and O–H groups in total. The van der Waals surface area contributed by atoms with E-state index in [0.717, 1.165) is 0 Å². The maximum atomic E-state index is 12.7. The highest BCUT2D eigenvalue weighted by Crippen LogP contribution is 2.41. The fraction of sp³-hybridized carbons (Fsp3) is 0.222. The molecule has 0 bridgehead atoms. The number of carbonyl (C=O) groups excluding carboxylic acids is 1. The third kappa shape index (κ3) is 3.10. The molecule has 1 aromatic rings. The van der Waals surface area contributed by atoms with Gasteiger partial charge in [0.2, 0.25) is 10.0 Å². The number of alkyl halides is 6. The fourth-order valence-corrected chi connectivity index (χ4v) is 2.27. The van der Waals surface area contributed by atoms with Crippen LogP contribution >= 0.6 is 0 Å². The summed E-state index contributed by atoms with van der Waals surface area (Å²) in [5, 5.41) is 4.51. The van der Waals surface area contributed by atoms with E-state index in [4.69, 9.17) is 0 Å². The summed E-state index contributed by atoms with van der Waals surface area (Å²) in [7, 11) is -4.96. The third-order valence-electron chi connectivity index (χ3n) is 2.22. The Morgan fingerprint density at radius 3 is 1.80 bits per heavy atom. The largest absolute Gasteiger partial charge is 0.418 e. The van der Waals surface area contributed by atoms with Crippen molar-refractivity contribution in [2.75, 3.05) is 0 Å². The van der Waals surface area contributed by atoms with E-state index in [1.54, 1.807) is 0 Å². The van der Waals surface area contributed by atoms with E-state index < -0.39 is 50.2 Å². The standard InChI is InChI=1S/C9H5F6NO3S/c10-8(11,12)5-1-2-6(20(16,18)19)7(4(5)3-17)9(13,14)15/h1-3H,(H2,16,18,19). The molecule has 0 fully saturated rings. The first-order chi connectivity index (χ1) is 8.80. The zero-order chi connectivity index (χ0) is 15.9. The first kappa shape index (κ1) is 16.4. The molecule has 0 amide bonds. The van der Waals surface area contributed by atoms with Gasteiger partial charge in [0.25, 0.3) is 0 Å². The highest BCUT2D eigenvalue weighted by Gasteiger charge is 2.44. The maximum absolute atomic E-state index is 12.7. The quantitative estimate of drug-likeness (QED) is 0.670. The van der Waals surface area contributed by atoms with Gasteiger partial charge in [-0.05, 0) is 12.1 Å². The van der Waals surface area contributed by atoms with Crippen molar-refractivity contribution in [1.82, 2.24) is 0 Å². The Labute approximate surface area is 108 Å². The van der Waals surface area contributed by atoms with Gasteiger partial charge in [-0.15, -0.1) is 0 Å². The minimum Gasteiger partial charge on any atom is -0.298 e. The molecule has 20 heavy (non-hydrogen) atoms. The maximum Gasteiger partial charge on any atom is 0.418 e. The molecule has 0 spiro atoms. The number of rotatable bonds is 2. The number of benzene rings is 1. The van der Waals surface area contributed by atoms with Crippen LogP contribution in [0.1, 0.15) is 21.5 Å². The molecule has 4 nitrogen and oxygen atoms in total. The topological polar surface area (TPSA) is 77.2 Å². The summed E-state index contributed by atoms with van der Waals surface area (Å²) in [6.07, 6.45) is -11.5. The van der Waals surface area contributed by atoms with Crippen LogP contribution in [0.3, 0.4) is 0 Å². The van der Waals surface area contributed by atoms with Crippen LogP contribution in [0.15, 0.2) is 17.0 Å². The van der Waals surface area contributed by atoms with Crippen molar-refractivity contribution in [1.29, 1.82) is 0 Å². The van der Waals surface area contributed by atoms with E-state index in [9.17, 15) is 39.6 Å². The highest BCUT2D eigenvalue weighted by atomic mass is 32.2. The predicted octanol–water partition coefficient (Wildman–Crippen LogP) is 2.18. The number of sulfonamides is 1. The van der Waals surface area contributed by atoms with E-state index in [0.29, 0.717) is 0 Å². The summed E-state index contributed by atoms with van der Waals surface area (Å²) in [5.74, 6) is 0. The van der Waals surface area contributed by atoms with Crippen molar-refractivity contribution in [2.24, 2.45) is 5.14 Å². The van der Waals surface area contributed by atoms with Crippen LogP contribution < -0.4 is 5.14 Å². The van der Waals surface area contributed by atoms with Gasteiger partial charge in [0.05, 0.1) is 16.0 Å². The molecular weight excluding hydrogens is 316 g/mol. The Hall–Kier alpha value is -1.62. The van der Waals surface area contributed by atoms with Crippen LogP contribution in [0, 0.1) is 0 Å². The van der Waals surface area contributed by atoms with Gasteiger partial charge in [-0.2, -0.15) is 26.3 Å². The van der Waals surface area contributed by atoms with Crippen LogP contribution in [0.2, 0.25) is 0 Å². The van der Waals surface area contributed by atoms with Crippen molar-refractivity contribution in [3.63, 3.8) is 0 Å². The first-order valence-corrected chi connectivity index (χ1v) is 6.14. The van der Waals surface area contributed by atoms with Gasteiger partial charge in [0.1, 0.15) is 0 Å². The number of primary sulfonamides is 1. The second kappa shape index (κ2) is 4.74. The number of hydrogen-bond donors (Lipinski definition) is 1. The summed E-state index contributed by atoms with van der Waals surface area (Å²) in [6, 6.07) is 0.118. The molecule has 0 atom stereocenters. The van der Waals surface area contributed by atoms with Crippen LogP contribution in [0.5, 0.6) is 0 Å². The van der Waals surface area contributed by atoms with Crippen LogP contribution in [0.25, 0.3) is 0 Å². The number of carbonyl (C=O) groups is 1. The molecule has 112 valence electrons. The number of halogens is 6. The molecule has 0 unspecified atom stereocenters. The molecule has 0 aliphatic carbocycles. The monoisotopic (exact) mass is 321 g/mol. The predicted molar refractivity (Wildman–Crippen MR) is 53.2 cm³/mol. The van der Waals surface area contributed by atoms with Crippen molar-refractivity contribution in [3.8, 4) is 0 Å². The SMILES string of the molecule is NS(=O)(=O)c1ccc(C(F)(F)F)c(C=O)c1C(F)(F)F. The van der Waals surface area contributed by atoms with E-state index in [-0.39, 0.29) is 12.1 Å². The van der Waals surface area contributed by atoms with E-state index in [1.165, 1.54) is 0 Å². The second-order valence-corrected chi connectivity index (χ2v) is 5.09. The Bertz CT molecular complexity index is 647. The van der Waals surface area contributed by atoms with Crippen molar-refractivity contribution in [2.45, 2.75) is 17.2 Å². The summed E-state index contributed by atoms with van der Waals surface area (Å²) in [5.41, 5.74) is -5.95. The molecule has 1 aromatic carbocycles. The molecule has 0 saturated heterocycles. The van der Waals surface area contributed by atoms with Gasteiger partial charge in [0, 0.05) is 5.56 Å². The first-order valence-electron chi connectivity index (χ1n) is 4.59. The molecule has 1 rings (SSSR count). The number of hydrogen-bond acceptors (Lipinski definition) is 3. The molecule has 0 aromatic heterocycles. The molecule has 11 heteroatoms. The Morgan fingerprint density at radius 1 is 1.00 bits per heavy atom. The lowest BCUT2D eigenvalue weighted by Crippen LogP contribution is -2.23. The van der Waals surface area contributed by atoms with Crippen molar-refractivity contribution < 1.29 is 39.6 Å². The lowest BCUT2D eigenvalue weighted by molar-refractivity contribution is -0.145. The van der Waals surface area contributed by atoms with Crippen molar-refractivity contribution >= 4 is 16.3 Å². The zero-order valence-electron chi connectivity index (χ0n) is 9.21. The van der Waals surface area contributed by atoms with Crippen LogP contribution in [-0.2, 0) is 22.4 Å². The number of aldehydes is 1. The average molecular weight is 321 g/mol. The van der Waals surface area contributed by atoms with Crippen LogP contribution in [-0.4, -0.2) is 14.7 Å².